The SMILES string of the molecule is CCO[C@@H]1OC(C(=O)NCCc2ccccc2)=C[C@H](c2cccs2)[C@@H]1CCCO. The van der Waals surface area contributed by atoms with Crippen molar-refractivity contribution in [1.82, 2.24) is 5.32 Å². The fourth-order valence-electron chi connectivity index (χ4n) is 3.63. The Morgan fingerprint density at radius 2 is 2.07 bits per heavy atom. The van der Waals surface area contributed by atoms with Crippen LogP contribution in [-0.4, -0.2) is 37.1 Å². The molecule has 0 aliphatic carbocycles. The molecule has 5 nitrogen and oxygen atoms in total. The zero-order valence-corrected chi connectivity index (χ0v) is 17.6. The number of hydrogen-bond donors (Lipinski definition) is 2. The van der Waals surface area contributed by atoms with E-state index in [1.54, 1.807) is 11.3 Å². The number of allylic oxidation sites excluding steroid dienone is 1. The molecule has 1 amide bonds. The zero-order chi connectivity index (χ0) is 20.5. The molecule has 6 heteroatoms. The minimum atomic E-state index is -0.501. The first-order chi connectivity index (χ1) is 14.2. The maximum atomic E-state index is 12.8. The third-order valence-corrected chi connectivity index (χ3v) is 6.02. The predicted molar refractivity (Wildman–Crippen MR) is 115 cm³/mol. The van der Waals surface area contributed by atoms with E-state index in [0.717, 1.165) is 12.8 Å². The molecular weight excluding hydrogens is 386 g/mol. The van der Waals surface area contributed by atoms with Crippen LogP contribution in [0.4, 0.5) is 0 Å². The van der Waals surface area contributed by atoms with E-state index in [4.69, 9.17) is 9.47 Å². The molecule has 0 radical (unpaired) electrons. The highest BCUT2D eigenvalue weighted by Crippen LogP contribution is 2.40. The Labute approximate surface area is 176 Å². The van der Waals surface area contributed by atoms with Crippen LogP contribution in [-0.2, 0) is 20.7 Å². The molecule has 3 atom stereocenters. The Morgan fingerprint density at radius 3 is 2.76 bits per heavy atom. The van der Waals surface area contributed by atoms with Crippen molar-refractivity contribution in [2.24, 2.45) is 5.92 Å². The summed E-state index contributed by atoms with van der Waals surface area (Å²) < 4.78 is 11.8. The molecule has 0 fully saturated rings. The highest BCUT2D eigenvalue weighted by Gasteiger charge is 2.38. The van der Waals surface area contributed by atoms with Gasteiger partial charge in [-0.1, -0.05) is 36.4 Å². The van der Waals surface area contributed by atoms with Crippen molar-refractivity contribution >= 4 is 17.2 Å². The molecule has 0 saturated heterocycles. The van der Waals surface area contributed by atoms with E-state index < -0.39 is 6.29 Å². The molecule has 1 aromatic carbocycles. The largest absolute Gasteiger partial charge is 0.459 e. The van der Waals surface area contributed by atoms with Crippen LogP contribution in [0.5, 0.6) is 0 Å². The van der Waals surface area contributed by atoms with Gasteiger partial charge in [-0.3, -0.25) is 4.79 Å². The summed E-state index contributed by atoms with van der Waals surface area (Å²) in [5.41, 5.74) is 1.18. The highest BCUT2D eigenvalue weighted by molar-refractivity contribution is 7.10. The van der Waals surface area contributed by atoms with E-state index in [0.29, 0.717) is 25.3 Å². The van der Waals surface area contributed by atoms with Gasteiger partial charge in [0.1, 0.15) is 0 Å². The third kappa shape index (κ3) is 5.92. The Bertz CT molecular complexity index is 775. The minimum Gasteiger partial charge on any atom is -0.459 e. The topological polar surface area (TPSA) is 67.8 Å². The minimum absolute atomic E-state index is 0.0294. The van der Waals surface area contributed by atoms with Crippen molar-refractivity contribution in [1.29, 1.82) is 0 Å². The van der Waals surface area contributed by atoms with Gasteiger partial charge >= 0.3 is 0 Å². The van der Waals surface area contributed by atoms with Crippen molar-refractivity contribution in [2.75, 3.05) is 19.8 Å². The smallest absolute Gasteiger partial charge is 0.286 e. The number of ether oxygens (including phenoxy) is 2. The van der Waals surface area contributed by atoms with Gasteiger partial charge < -0.3 is 19.9 Å². The summed E-state index contributed by atoms with van der Waals surface area (Å²) in [6, 6.07) is 14.2. The van der Waals surface area contributed by atoms with E-state index in [1.807, 2.05) is 54.8 Å². The van der Waals surface area contributed by atoms with Crippen molar-refractivity contribution in [2.45, 2.75) is 38.4 Å². The number of carbonyl (C=O) groups excluding carboxylic acids is 1. The molecule has 0 saturated carbocycles. The molecule has 156 valence electrons. The van der Waals surface area contributed by atoms with E-state index in [2.05, 4.69) is 11.4 Å². The summed E-state index contributed by atoms with van der Waals surface area (Å²) in [4.78, 5) is 14.0. The molecule has 2 heterocycles. The first-order valence-electron chi connectivity index (χ1n) is 10.2. The van der Waals surface area contributed by atoms with Gasteiger partial charge in [0.05, 0.1) is 0 Å². The number of rotatable bonds is 10. The van der Waals surface area contributed by atoms with Crippen LogP contribution in [0.2, 0.25) is 0 Å². The van der Waals surface area contributed by atoms with Gasteiger partial charge in [0, 0.05) is 36.5 Å². The second-order valence-electron chi connectivity index (χ2n) is 7.03. The molecule has 0 spiro atoms. The van der Waals surface area contributed by atoms with Crippen LogP contribution in [0.1, 0.15) is 36.1 Å². The zero-order valence-electron chi connectivity index (χ0n) is 16.8. The van der Waals surface area contributed by atoms with Gasteiger partial charge in [-0.2, -0.15) is 0 Å². The quantitative estimate of drug-likeness (QED) is 0.618. The molecule has 2 N–H and O–H groups in total. The molecule has 3 rings (SSSR count). The molecule has 2 aromatic rings. The fraction of sp³-hybridized carbons (Fsp3) is 0.435. The van der Waals surface area contributed by atoms with Gasteiger partial charge in [-0.25, -0.2) is 0 Å². The lowest BCUT2D eigenvalue weighted by atomic mass is 9.84. The summed E-state index contributed by atoms with van der Waals surface area (Å²) in [5, 5.41) is 14.3. The van der Waals surface area contributed by atoms with E-state index in [1.165, 1.54) is 10.4 Å². The number of nitrogens with one attached hydrogen (secondary N) is 1. The van der Waals surface area contributed by atoms with Gasteiger partial charge in [0.2, 0.25) is 6.29 Å². The van der Waals surface area contributed by atoms with Crippen molar-refractivity contribution < 1.29 is 19.4 Å². The van der Waals surface area contributed by atoms with Gasteiger partial charge in [0.15, 0.2) is 5.76 Å². The van der Waals surface area contributed by atoms with Crippen LogP contribution in [0.15, 0.2) is 59.7 Å². The Hall–Kier alpha value is -2.15. The summed E-state index contributed by atoms with van der Waals surface area (Å²) in [5.74, 6) is 0.186. The van der Waals surface area contributed by atoms with Crippen molar-refractivity contribution in [3.63, 3.8) is 0 Å². The third-order valence-electron chi connectivity index (χ3n) is 5.05. The van der Waals surface area contributed by atoms with Crippen LogP contribution in [0.3, 0.4) is 0 Å². The van der Waals surface area contributed by atoms with Gasteiger partial charge in [0.25, 0.3) is 5.91 Å². The number of hydrogen-bond acceptors (Lipinski definition) is 5. The van der Waals surface area contributed by atoms with Crippen molar-refractivity contribution in [3.05, 3.63) is 70.1 Å². The Morgan fingerprint density at radius 1 is 1.24 bits per heavy atom. The number of benzene rings is 1. The normalized spacial score (nSPS) is 21.3. The predicted octanol–water partition coefficient (Wildman–Crippen LogP) is 3.86. The molecule has 1 aromatic heterocycles. The summed E-state index contributed by atoms with van der Waals surface area (Å²) in [7, 11) is 0. The second kappa shape index (κ2) is 11.1. The monoisotopic (exact) mass is 415 g/mol. The van der Waals surface area contributed by atoms with Crippen LogP contribution < -0.4 is 5.32 Å². The van der Waals surface area contributed by atoms with Gasteiger partial charge in [-0.15, -0.1) is 11.3 Å². The van der Waals surface area contributed by atoms with Crippen LogP contribution in [0, 0.1) is 5.92 Å². The van der Waals surface area contributed by atoms with Gasteiger partial charge in [-0.05, 0) is 49.3 Å². The maximum absolute atomic E-state index is 12.8. The standard InChI is InChI=1S/C23H29NO4S/c1-2-27-23-18(10-6-14-25)19(21-11-7-15-29-21)16-20(28-23)22(26)24-13-12-17-8-4-3-5-9-17/h3-5,7-9,11,15-16,18-19,23,25H,2,6,10,12-14H2,1H3,(H,24,26)/t18-,19-,23+/m0/s1. The number of aliphatic hydroxyl groups is 1. The second-order valence-corrected chi connectivity index (χ2v) is 8.01. The van der Waals surface area contributed by atoms with Crippen molar-refractivity contribution in [3.8, 4) is 0 Å². The lowest BCUT2D eigenvalue weighted by Gasteiger charge is -2.36. The summed E-state index contributed by atoms with van der Waals surface area (Å²) >= 11 is 1.67. The van der Waals surface area contributed by atoms with Crippen LogP contribution in [0.25, 0.3) is 0 Å². The Kier molecular flexibility index (Phi) is 8.28. The number of carbonyl (C=O) groups is 1. The molecule has 0 unspecified atom stereocenters. The van der Waals surface area contributed by atoms with E-state index in [9.17, 15) is 9.90 Å². The lowest BCUT2D eigenvalue weighted by molar-refractivity contribution is -0.166. The maximum Gasteiger partial charge on any atom is 0.286 e. The molecule has 29 heavy (non-hydrogen) atoms. The number of aliphatic hydroxyl groups excluding tert-OH is 1. The highest BCUT2D eigenvalue weighted by atomic mass is 32.1. The van der Waals surface area contributed by atoms with E-state index >= 15 is 0 Å². The summed E-state index contributed by atoms with van der Waals surface area (Å²) in [6.45, 7) is 3.09. The number of thiophene rings is 1. The first kappa shape index (κ1) is 21.6. The van der Waals surface area contributed by atoms with Crippen LogP contribution >= 0.6 is 11.3 Å². The molecular formula is C23H29NO4S. The molecule has 0 bridgehead atoms. The lowest BCUT2D eigenvalue weighted by Crippen LogP contribution is -2.39. The first-order valence-corrected chi connectivity index (χ1v) is 11.1. The average molecular weight is 416 g/mol. The average Bonchev–Trinajstić information content (AvgIpc) is 3.28. The van der Waals surface area contributed by atoms with E-state index in [-0.39, 0.29) is 24.3 Å². The fourth-order valence-corrected chi connectivity index (χ4v) is 4.50. The summed E-state index contributed by atoms with van der Waals surface area (Å²) in [6.07, 6.45) is 3.62. The number of amides is 1. The Balaban J connectivity index is 1.72. The molecule has 1 aliphatic rings. The molecule has 1 aliphatic heterocycles.